The molecule has 0 aromatic carbocycles. The van der Waals surface area contributed by atoms with Crippen LogP contribution in [0.5, 0.6) is 0 Å². The molecule has 1 rings (SSSR count). The summed E-state index contributed by atoms with van der Waals surface area (Å²) in [5.41, 5.74) is 0. The van der Waals surface area contributed by atoms with Crippen molar-refractivity contribution in [3.63, 3.8) is 0 Å². The molecule has 0 saturated carbocycles. The van der Waals surface area contributed by atoms with E-state index in [-0.39, 0.29) is 17.8 Å². The fourth-order valence-electron chi connectivity index (χ4n) is 1.61. The summed E-state index contributed by atoms with van der Waals surface area (Å²) in [4.78, 5) is 24.0. The van der Waals surface area contributed by atoms with Crippen LogP contribution >= 0.6 is 0 Å². The first-order valence-corrected chi connectivity index (χ1v) is 4.72. The summed E-state index contributed by atoms with van der Waals surface area (Å²) in [5, 5.41) is 0. The van der Waals surface area contributed by atoms with Gasteiger partial charge in [-0.2, -0.15) is 0 Å². The number of hydrogen-bond donors (Lipinski definition) is 0. The Labute approximate surface area is 83.5 Å². The summed E-state index contributed by atoms with van der Waals surface area (Å²) in [6, 6.07) is 0. The predicted molar refractivity (Wildman–Crippen MR) is 51.3 cm³/mol. The number of rotatable bonds is 2. The van der Waals surface area contributed by atoms with Crippen LogP contribution < -0.4 is 0 Å². The van der Waals surface area contributed by atoms with Gasteiger partial charge in [-0.15, -0.1) is 0 Å². The van der Waals surface area contributed by atoms with Gasteiger partial charge in [0.2, 0.25) is 5.91 Å². The topological polar surface area (TPSA) is 46.6 Å². The molecular weight excluding hydrogens is 182 g/mol. The summed E-state index contributed by atoms with van der Waals surface area (Å²) >= 11 is 0. The van der Waals surface area contributed by atoms with Crippen LogP contribution in [0.2, 0.25) is 0 Å². The lowest BCUT2D eigenvalue weighted by molar-refractivity contribution is -0.146. The molecule has 1 amide bonds. The predicted octanol–water partition coefficient (Wildman–Crippen LogP) is 0.932. The Bertz CT molecular complexity index is 242. The van der Waals surface area contributed by atoms with Crippen LogP contribution in [0.1, 0.15) is 19.8 Å². The van der Waals surface area contributed by atoms with E-state index in [1.165, 1.54) is 0 Å². The monoisotopic (exact) mass is 197 g/mol. The highest BCUT2D eigenvalue weighted by Gasteiger charge is 2.26. The van der Waals surface area contributed by atoms with Gasteiger partial charge in [0.05, 0.1) is 12.2 Å². The maximum absolute atomic E-state index is 11.3. The van der Waals surface area contributed by atoms with Gasteiger partial charge in [0, 0.05) is 20.0 Å². The molecule has 1 fully saturated rings. The molecule has 0 radical (unpaired) electrons. The van der Waals surface area contributed by atoms with E-state index in [2.05, 4.69) is 6.58 Å². The fraction of sp³-hybridized carbons (Fsp3) is 0.600. The van der Waals surface area contributed by atoms with E-state index in [0.717, 1.165) is 6.26 Å². The minimum atomic E-state index is -0.233. The van der Waals surface area contributed by atoms with Crippen LogP contribution in [-0.2, 0) is 14.3 Å². The van der Waals surface area contributed by atoms with Crippen molar-refractivity contribution in [1.29, 1.82) is 0 Å². The molecule has 1 heterocycles. The molecule has 0 aromatic heterocycles. The lowest BCUT2D eigenvalue weighted by atomic mass is 9.97. The van der Waals surface area contributed by atoms with Crippen LogP contribution in [0.15, 0.2) is 12.8 Å². The molecule has 0 N–H and O–H groups in total. The van der Waals surface area contributed by atoms with Crippen LogP contribution in [-0.4, -0.2) is 29.9 Å². The average molecular weight is 197 g/mol. The molecule has 1 aliphatic heterocycles. The van der Waals surface area contributed by atoms with E-state index < -0.39 is 0 Å². The second-order valence-electron chi connectivity index (χ2n) is 3.38. The first kappa shape index (κ1) is 10.8. The molecule has 4 nitrogen and oxygen atoms in total. The Morgan fingerprint density at radius 3 is 2.43 bits per heavy atom. The van der Waals surface area contributed by atoms with Crippen LogP contribution in [0.4, 0.5) is 0 Å². The fourth-order valence-corrected chi connectivity index (χ4v) is 1.61. The third kappa shape index (κ3) is 2.58. The largest absolute Gasteiger partial charge is 0.435 e. The molecule has 4 heteroatoms. The third-order valence-corrected chi connectivity index (χ3v) is 2.47. The molecule has 0 atom stereocenters. The van der Waals surface area contributed by atoms with Crippen molar-refractivity contribution >= 4 is 11.9 Å². The molecule has 0 spiro atoms. The summed E-state index contributed by atoms with van der Waals surface area (Å²) < 4.78 is 4.70. The Balaban J connectivity index is 2.38. The van der Waals surface area contributed by atoms with Gasteiger partial charge < -0.3 is 9.64 Å². The number of likely N-dealkylation sites (tertiary alicyclic amines) is 1. The van der Waals surface area contributed by atoms with Gasteiger partial charge in [0.15, 0.2) is 0 Å². The average Bonchev–Trinajstić information content (AvgIpc) is 2.18. The molecule has 0 aliphatic carbocycles. The molecule has 1 saturated heterocycles. The van der Waals surface area contributed by atoms with Gasteiger partial charge in [-0.25, -0.2) is 0 Å². The first-order valence-electron chi connectivity index (χ1n) is 4.72. The molecule has 0 aromatic rings. The third-order valence-electron chi connectivity index (χ3n) is 2.47. The number of esters is 1. The van der Waals surface area contributed by atoms with E-state index in [9.17, 15) is 9.59 Å². The van der Waals surface area contributed by atoms with Crippen molar-refractivity contribution in [3.05, 3.63) is 12.8 Å². The number of carbonyl (C=O) groups is 2. The molecule has 14 heavy (non-hydrogen) atoms. The standard InChI is InChI=1S/C10H15NO3/c1-3-14-10(13)9-4-6-11(7-5-9)8(2)12/h3,9H,1,4-7H2,2H3. The van der Waals surface area contributed by atoms with Crippen molar-refractivity contribution in [3.8, 4) is 0 Å². The van der Waals surface area contributed by atoms with E-state index in [1.807, 2.05) is 0 Å². The lowest BCUT2D eigenvalue weighted by Crippen LogP contribution is -2.39. The van der Waals surface area contributed by atoms with Crippen molar-refractivity contribution in [2.75, 3.05) is 13.1 Å². The minimum Gasteiger partial charge on any atom is -0.435 e. The van der Waals surface area contributed by atoms with Crippen molar-refractivity contribution < 1.29 is 14.3 Å². The first-order chi connectivity index (χ1) is 6.65. The number of amides is 1. The number of nitrogens with zero attached hydrogens (tertiary/aromatic N) is 1. The molecule has 1 aliphatic rings. The Morgan fingerprint density at radius 1 is 1.43 bits per heavy atom. The number of carbonyl (C=O) groups excluding carboxylic acids is 2. The highest BCUT2D eigenvalue weighted by Crippen LogP contribution is 2.18. The van der Waals surface area contributed by atoms with Gasteiger partial charge in [-0.05, 0) is 12.8 Å². The molecular formula is C10H15NO3. The summed E-state index contributed by atoms with van der Waals surface area (Å²) in [6.07, 6.45) is 2.53. The van der Waals surface area contributed by atoms with Gasteiger partial charge in [0.25, 0.3) is 0 Å². The number of piperidine rings is 1. The maximum Gasteiger partial charge on any atom is 0.313 e. The smallest absolute Gasteiger partial charge is 0.313 e. The zero-order valence-corrected chi connectivity index (χ0v) is 8.36. The van der Waals surface area contributed by atoms with Gasteiger partial charge in [-0.3, -0.25) is 9.59 Å². The summed E-state index contributed by atoms with van der Waals surface area (Å²) in [5.74, 6) is -0.243. The van der Waals surface area contributed by atoms with Gasteiger partial charge >= 0.3 is 5.97 Å². The van der Waals surface area contributed by atoms with Crippen LogP contribution in [0.25, 0.3) is 0 Å². The van der Waals surface area contributed by atoms with E-state index in [1.54, 1.807) is 11.8 Å². The van der Waals surface area contributed by atoms with Crippen LogP contribution in [0.3, 0.4) is 0 Å². The van der Waals surface area contributed by atoms with E-state index in [4.69, 9.17) is 4.74 Å². The minimum absolute atomic E-state index is 0.0699. The summed E-state index contributed by atoms with van der Waals surface area (Å²) in [7, 11) is 0. The number of hydrogen-bond acceptors (Lipinski definition) is 3. The molecule has 78 valence electrons. The second-order valence-corrected chi connectivity index (χ2v) is 3.38. The quantitative estimate of drug-likeness (QED) is 0.488. The summed E-state index contributed by atoms with van der Waals surface area (Å²) in [6.45, 7) is 6.17. The van der Waals surface area contributed by atoms with E-state index in [0.29, 0.717) is 25.9 Å². The highest BCUT2D eigenvalue weighted by atomic mass is 16.5. The van der Waals surface area contributed by atoms with Crippen molar-refractivity contribution in [2.45, 2.75) is 19.8 Å². The molecule has 0 unspecified atom stereocenters. The van der Waals surface area contributed by atoms with Crippen molar-refractivity contribution in [1.82, 2.24) is 4.90 Å². The van der Waals surface area contributed by atoms with E-state index >= 15 is 0 Å². The van der Waals surface area contributed by atoms with Crippen molar-refractivity contribution in [2.24, 2.45) is 5.92 Å². The normalized spacial score (nSPS) is 17.6. The van der Waals surface area contributed by atoms with Gasteiger partial charge in [-0.1, -0.05) is 6.58 Å². The lowest BCUT2D eigenvalue weighted by Gasteiger charge is -2.29. The highest BCUT2D eigenvalue weighted by molar-refractivity contribution is 5.75. The Kier molecular flexibility index (Phi) is 3.68. The zero-order valence-electron chi connectivity index (χ0n) is 8.36. The molecule has 0 bridgehead atoms. The van der Waals surface area contributed by atoms with Crippen LogP contribution in [0, 0.1) is 5.92 Å². The Hall–Kier alpha value is -1.32. The zero-order chi connectivity index (χ0) is 10.6. The SMILES string of the molecule is C=COC(=O)C1CCN(C(C)=O)CC1. The maximum atomic E-state index is 11.3. The Morgan fingerprint density at radius 2 is 2.00 bits per heavy atom. The van der Waals surface area contributed by atoms with Gasteiger partial charge in [0.1, 0.15) is 0 Å². The number of ether oxygens (including phenoxy) is 1. The second kappa shape index (κ2) is 4.79.